The first-order valence-electron chi connectivity index (χ1n) is 4.94. The Morgan fingerprint density at radius 2 is 2.12 bits per heavy atom. The van der Waals surface area contributed by atoms with Crippen molar-refractivity contribution >= 4 is 17.3 Å². The number of rotatable bonds is 2. The molecule has 1 aromatic carbocycles. The Bertz CT molecular complexity index is 543. The minimum atomic E-state index is -0.566. The molecule has 4 nitrogen and oxygen atoms in total. The highest BCUT2D eigenvalue weighted by atomic mass is 19.1. The molecule has 0 atom stereocenters. The number of pyridine rings is 1. The fourth-order valence-corrected chi connectivity index (χ4v) is 1.30. The summed E-state index contributed by atoms with van der Waals surface area (Å²) in [7, 11) is 0. The van der Waals surface area contributed by atoms with E-state index in [9.17, 15) is 9.18 Å². The maximum Gasteiger partial charge on any atom is 0.274 e. The highest BCUT2D eigenvalue weighted by molar-refractivity contribution is 6.02. The molecule has 0 spiro atoms. The lowest BCUT2D eigenvalue weighted by Gasteiger charge is -2.05. The van der Waals surface area contributed by atoms with Crippen LogP contribution >= 0.6 is 0 Å². The second kappa shape index (κ2) is 4.61. The van der Waals surface area contributed by atoms with Gasteiger partial charge in [-0.05, 0) is 30.3 Å². The third-order valence-corrected chi connectivity index (χ3v) is 2.16. The number of amides is 1. The molecule has 86 valence electrons. The summed E-state index contributed by atoms with van der Waals surface area (Å²) in [6.07, 6.45) is 1.51. The number of nitrogens with zero attached hydrogens (tertiary/aromatic N) is 1. The highest BCUT2D eigenvalue weighted by Crippen LogP contribution is 2.16. The Morgan fingerprint density at radius 3 is 2.76 bits per heavy atom. The second-order valence-electron chi connectivity index (χ2n) is 3.41. The van der Waals surface area contributed by atoms with Gasteiger partial charge in [0.25, 0.3) is 5.91 Å². The molecule has 1 heterocycles. The molecule has 2 rings (SSSR count). The van der Waals surface area contributed by atoms with E-state index in [1.54, 1.807) is 18.2 Å². The minimum absolute atomic E-state index is 0.0424. The lowest BCUT2D eigenvalue weighted by atomic mass is 10.2. The lowest BCUT2D eigenvalue weighted by molar-refractivity contribution is 0.102. The minimum Gasteiger partial charge on any atom is -0.396 e. The standard InChI is InChI=1S/C12H10FN3O/c13-9-7-8(4-5-10(9)14)16-12(17)11-3-1-2-6-15-11/h1-7H,14H2,(H,16,17). The Hall–Kier alpha value is -2.43. The monoisotopic (exact) mass is 231 g/mol. The number of carbonyl (C=O) groups excluding carboxylic acids is 1. The van der Waals surface area contributed by atoms with E-state index in [4.69, 9.17) is 5.73 Å². The number of nitrogen functional groups attached to an aromatic ring is 1. The number of anilines is 2. The first kappa shape index (κ1) is 11.1. The molecule has 1 aromatic heterocycles. The van der Waals surface area contributed by atoms with Gasteiger partial charge in [-0.3, -0.25) is 9.78 Å². The van der Waals surface area contributed by atoms with Gasteiger partial charge in [-0.15, -0.1) is 0 Å². The van der Waals surface area contributed by atoms with E-state index >= 15 is 0 Å². The number of benzene rings is 1. The molecule has 5 heteroatoms. The van der Waals surface area contributed by atoms with Crippen molar-refractivity contribution < 1.29 is 9.18 Å². The Kier molecular flexibility index (Phi) is 3.00. The SMILES string of the molecule is Nc1ccc(NC(=O)c2ccccn2)cc1F. The van der Waals surface area contributed by atoms with Crippen LogP contribution in [0, 0.1) is 5.82 Å². The van der Waals surface area contributed by atoms with Crippen molar-refractivity contribution in [1.82, 2.24) is 4.98 Å². The molecule has 0 aliphatic carbocycles. The van der Waals surface area contributed by atoms with Crippen molar-refractivity contribution in [2.24, 2.45) is 0 Å². The van der Waals surface area contributed by atoms with Crippen LogP contribution in [0.1, 0.15) is 10.5 Å². The van der Waals surface area contributed by atoms with E-state index in [1.807, 2.05) is 0 Å². The smallest absolute Gasteiger partial charge is 0.274 e. The summed E-state index contributed by atoms with van der Waals surface area (Å²) in [6.45, 7) is 0. The summed E-state index contributed by atoms with van der Waals surface area (Å²) in [5, 5.41) is 2.53. The summed E-state index contributed by atoms with van der Waals surface area (Å²) in [4.78, 5) is 15.6. The van der Waals surface area contributed by atoms with Crippen molar-refractivity contribution in [3.8, 4) is 0 Å². The van der Waals surface area contributed by atoms with Crippen molar-refractivity contribution in [3.05, 3.63) is 54.1 Å². The van der Waals surface area contributed by atoms with Gasteiger partial charge in [-0.1, -0.05) is 6.07 Å². The first-order valence-corrected chi connectivity index (χ1v) is 4.94. The number of nitrogens with one attached hydrogen (secondary N) is 1. The molecule has 0 fully saturated rings. The number of aromatic nitrogens is 1. The summed E-state index contributed by atoms with van der Waals surface area (Å²) in [5.41, 5.74) is 5.98. The number of carbonyl (C=O) groups is 1. The van der Waals surface area contributed by atoms with Crippen LogP contribution in [0.15, 0.2) is 42.6 Å². The maximum absolute atomic E-state index is 13.1. The van der Waals surface area contributed by atoms with Gasteiger partial charge < -0.3 is 11.1 Å². The van der Waals surface area contributed by atoms with E-state index in [2.05, 4.69) is 10.3 Å². The predicted octanol–water partition coefficient (Wildman–Crippen LogP) is 2.06. The molecule has 0 bridgehead atoms. The average molecular weight is 231 g/mol. The third-order valence-electron chi connectivity index (χ3n) is 2.16. The molecular weight excluding hydrogens is 221 g/mol. The van der Waals surface area contributed by atoms with Gasteiger partial charge in [0.15, 0.2) is 0 Å². The van der Waals surface area contributed by atoms with Crippen LogP contribution in [0.25, 0.3) is 0 Å². The fraction of sp³-hybridized carbons (Fsp3) is 0. The molecule has 17 heavy (non-hydrogen) atoms. The second-order valence-corrected chi connectivity index (χ2v) is 3.41. The van der Waals surface area contributed by atoms with Crippen LogP contribution in [0.5, 0.6) is 0 Å². The first-order chi connectivity index (χ1) is 8.16. The van der Waals surface area contributed by atoms with E-state index in [-0.39, 0.29) is 11.4 Å². The summed E-state index contributed by atoms with van der Waals surface area (Å²) in [6, 6.07) is 9.06. The van der Waals surface area contributed by atoms with E-state index < -0.39 is 11.7 Å². The van der Waals surface area contributed by atoms with Crippen molar-refractivity contribution in [1.29, 1.82) is 0 Å². The van der Waals surface area contributed by atoms with Gasteiger partial charge in [-0.2, -0.15) is 0 Å². The zero-order chi connectivity index (χ0) is 12.3. The van der Waals surface area contributed by atoms with E-state index in [0.29, 0.717) is 5.69 Å². The number of nitrogens with two attached hydrogens (primary N) is 1. The average Bonchev–Trinajstić information content (AvgIpc) is 2.35. The quantitative estimate of drug-likeness (QED) is 0.777. The molecule has 2 aromatic rings. The van der Waals surface area contributed by atoms with Gasteiger partial charge in [-0.25, -0.2) is 4.39 Å². The summed E-state index contributed by atoms with van der Waals surface area (Å²) in [5.74, 6) is -0.960. The summed E-state index contributed by atoms with van der Waals surface area (Å²) >= 11 is 0. The molecule has 1 amide bonds. The maximum atomic E-state index is 13.1. The predicted molar refractivity (Wildman–Crippen MR) is 63.0 cm³/mol. The zero-order valence-corrected chi connectivity index (χ0v) is 8.85. The molecule has 3 N–H and O–H groups in total. The topological polar surface area (TPSA) is 68.0 Å². The van der Waals surface area contributed by atoms with Crippen molar-refractivity contribution in [3.63, 3.8) is 0 Å². The van der Waals surface area contributed by atoms with Gasteiger partial charge in [0, 0.05) is 11.9 Å². The molecule has 0 aliphatic rings. The largest absolute Gasteiger partial charge is 0.396 e. The Morgan fingerprint density at radius 1 is 1.29 bits per heavy atom. The lowest BCUT2D eigenvalue weighted by Crippen LogP contribution is -2.13. The summed E-state index contributed by atoms with van der Waals surface area (Å²) < 4.78 is 13.1. The van der Waals surface area contributed by atoms with Crippen LogP contribution < -0.4 is 11.1 Å². The van der Waals surface area contributed by atoms with E-state index in [0.717, 1.165) is 6.07 Å². The Labute approximate surface area is 97.3 Å². The van der Waals surface area contributed by atoms with Crippen LogP contribution in [0.3, 0.4) is 0 Å². The van der Waals surface area contributed by atoms with Gasteiger partial charge >= 0.3 is 0 Å². The molecule has 0 aliphatic heterocycles. The molecule has 0 unspecified atom stereocenters. The third kappa shape index (κ3) is 2.57. The van der Waals surface area contributed by atoms with Gasteiger partial charge in [0.05, 0.1) is 5.69 Å². The number of halogens is 1. The van der Waals surface area contributed by atoms with Crippen LogP contribution in [-0.2, 0) is 0 Å². The molecule has 0 radical (unpaired) electrons. The van der Waals surface area contributed by atoms with Gasteiger partial charge in [0.1, 0.15) is 11.5 Å². The molecule has 0 saturated heterocycles. The van der Waals surface area contributed by atoms with Crippen molar-refractivity contribution in [2.75, 3.05) is 11.1 Å². The van der Waals surface area contributed by atoms with Crippen LogP contribution in [0.2, 0.25) is 0 Å². The molecule has 0 saturated carbocycles. The highest BCUT2D eigenvalue weighted by Gasteiger charge is 2.07. The molecular formula is C12H10FN3O. The van der Waals surface area contributed by atoms with Crippen LogP contribution in [-0.4, -0.2) is 10.9 Å². The Balaban J connectivity index is 2.16. The van der Waals surface area contributed by atoms with Crippen molar-refractivity contribution in [2.45, 2.75) is 0 Å². The zero-order valence-electron chi connectivity index (χ0n) is 8.85. The number of hydrogen-bond donors (Lipinski definition) is 2. The van der Waals surface area contributed by atoms with Gasteiger partial charge in [0.2, 0.25) is 0 Å². The fourth-order valence-electron chi connectivity index (χ4n) is 1.30. The van der Waals surface area contributed by atoms with E-state index in [1.165, 1.54) is 18.3 Å². The number of hydrogen-bond acceptors (Lipinski definition) is 3. The normalized spacial score (nSPS) is 9.94. The van der Waals surface area contributed by atoms with Crippen LogP contribution in [0.4, 0.5) is 15.8 Å².